The van der Waals surface area contributed by atoms with Crippen LogP contribution in [-0.4, -0.2) is 20.9 Å². The highest BCUT2D eigenvalue weighted by Gasteiger charge is 2.09. The van der Waals surface area contributed by atoms with Gasteiger partial charge in [-0.1, -0.05) is 0 Å². The molecule has 0 spiro atoms. The predicted molar refractivity (Wildman–Crippen MR) is 69.4 cm³/mol. The molecule has 94 valence electrons. The molecular formula is C11H13N5OS. The maximum absolute atomic E-state index is 11.7. The van der Waals surface area contributed by atoms with Crippen molar-refractivity contribution in [2.45, 2.75) is 20.8 Å². The van der Waals surface area contributed by atoms with Crippen molar-refractivity contribution in [3.63, 3.8) is 0 Å². The van der Waals surface area contributed by atoms with E-state index in [-0.39, 0.29) is 5.91 Å². The lowest BCUT2D eigenvalue weighted by atomic mass is 10.4. The molecule has 0 unspecified atom stereocenters. The second-order valence-electron chi connectivity index (χ2n) is 3.81. The quantitative estimate of drug-likeness (QED) is 0.822. The Balaban J connectivity index is 2.01. The van der Waals surface area contributed by atoms with Crippen LogP contribution >= 0.6 is 11.3 Å². The van der Waals surface area contributed by atoms with E-state index in [1.807, 2.05) is 26.8 Å². The highest BCUT2D eigenvalue weighted by Crippen LogP contribution is 2.07. The molecular weight excluding hydrogens is 250 g/mol. The van der Waals surface area contributed by atoms with Gasteiger partial charge in [0.25, 0.3) is 5.91 Å². The number of hydrogen-bond acceptors (Lipinski definition) is 6. The number of nitrogens with one attached hydrogen (secondary N) is 2. The van der Waals surface area contributed by atoms with Crippen LogP contribution in [0.5, 0.6) is 0 Å². The Morgan fingerprint density at radius 2 is 1.83 bits per heavy atom. The number of hydrazine groups is 1. The summed E-state index contributed by atoms with van der Waals surface area (Å²) in [6, 6.07) is 1.86. The molecule has 7 heteroatoms. The van der Waals surface area contributed by atoms with Crippen LogP contribution in [0.1, 0.15) is 26.9 Å². The van der Waals surface area contributed by atoms with Crippen molar-refractivity contribution in [1.82, 2.24) is 20.4 Å². The molecule has 0 radical (unpaired) electrons. The van der Waals surface area contributed by atoms with Gasteiger partial charge in [0, 0.05) is 16.8 Å². The summed E-state index contributed by atoms with van der Waals surface area (Å²) in [5.74, 6) is 0.0647. The van der Waals surface area contributed by atoms with Crippen molar-refractivity contribution in [1.29, 1.82) is 0 Å². The molecule has 0 saturated heterocycles. The monoisotopic (exact) mass is 263 g/mol. The van der Waals surface area contributed by atoms with Crippen molar-refractivity contribution in [2.24, 2.45) is 0 Å². The van der Waals surface area contributed by atoms with Crippen LogP contribution in [-0.2, 0) is 0 Å². The van der Waals surface area contributed by atoms with Gasteiger partial charge in [-0.05, 0) is 26.8 Å². The highest BCUT2D eigenvalue weighted by molar-refractivity contribution is 7.09. The van der Waals surface area contributed by atoms with Crippen molar-refractivity contribution in [3.05, 3.63) is 33.5 Å². The molecule has 2 N–H and O–H groups in total. The Morgan fingerprint density at radius 1 is 1.17 bits per heavy atom. The van der Waals surface area contributed by atoms with Gasteiger partial charge in [0.1, 0.15) is 5.69 Å². The number of carbonyl (C=O) groups is 1. The predicted octanol–water partition coefficient (Wildman–Crippen LogP) is 1.62. The summed E-state index contributed by atoms with van der Waals surface area (Å²) in [6.07, 6.45) is 0. The first-order valence-corrected chi connectivity index (χ1v) is 6.23. The van der Waals surface area contributed by atoms with Gasteiger partial charge in [-0.3, -0.25) is 15.6 Å². The third kappa shape index (κ3) is 3.01. The number of thiazole rings is 1. The molecule has 0 bridgehead atoms. The number of aromatic nitrogens is 3. The maximum atomic E-state index is 11.7. The molecule has 0 atom stereocenters. The number of amides is 1. The van der Waals surface area contributed by atoms with Crippen LogP contribution in [0.2, 0.25) is 0 Å². The molecule has 0 fully saturated rings. The standard InChI is InChI=1S/C11H13N5OS/c1-6-4-7(2)13-11(12-6)16-15-10(17)9-5-18-8(3)14-9/h4-5H,1-3H3,(H,15,17)(H,12,13,16). The lowest BCUT2D eigenvalue weighted by Gasteiger charge is -2.06. The van der Waals surface area contributed by atoms with Gasteiger partial charge in [0.2, 0.25) is 5.95 Å². The minimum atomic E-state index is -0.304. The fraction of sp³-hybridized carbons (Fsp3) is 0.273. The normalized spacial score (nSPS) is 10.2. The van der Waals surface area contributed by atoms with Gasteiger partial charge < -0.3 is 0 Å². The lowest BCUT2D eigenvalue weighted by molar-refractivity contribution is 0.0958. The van der Waals surface area contributed by atoms with Crippen molar-refractivity contribution in [2.75, 3.05) is 5.43 Å². The van der Waals surface area contributed by atoms with Gasteiger partial charge in [0.15, 0.2) is 0 Å². The summed E-state index contributed by atoms with van der Waals surface area (Å²) in [7, 11) is 0. The van der Waals surface area contributed by atoms with Crippen LogP contribution in [0.4, 0.5) is 5.95 Å². The van der Waals surface area contributed by atoms with Crippen LogP contribution in [0.25, 0.3) is 0 Å². The second-order valence-corrected chi connectivity index (χ2v) is 4.87. The largest absolute Gasteiger partial charge is 0.289 e. The summed E-state index contributed by atoms with van der Waals surface area (Å²) < 4.78 is 0. The Bertz CT molecular complexity index is 560. The first-order valence-electron chi connectivity index (χ1n) is 5.35. The van der Waals surface area contributed by atoms with Crippen LogP contribution < -0.4 is 10.9 Å². The van der Waals surface area contributed by atoms with Gasteiger partial charge >= 0.3 is 0 Å². The van der Waals surface area contributed by atoms with Crippen molar-refractivity contribution < 1.29 is 4.79 Å². The molecule has 2 rings (SSSR count). The zero-order valence-electron chi connectivity index (χ0n) is 10.3. The van der Waals surface area contributed by atoms with Gasteiger partial charge in [0.05, 0.1) is 5.01 Å². The van der Waals surface area contributed by atoms with E-state index < -0.39 is 0 Å². The molecule has 6 nitrogen and oxygen atoms in total. The van der Waals surface area contributed by atoms with E-state index >= 15 is 0 Å². The van der Waals surface area contributed by atoms with Crippen molar-refractivity contribution >= 4 is 23.2 Å². The SMILES string of the molecule is Cc1cc(C)nc(NNC(=O)c2csc(C)n2)n1. The van der Waals surface area contributed by atoms with E-state index in [9.17, 15) is 4.79 Å². The molecule has 2 aromatic rings. The third-order valence-electron chi connectivity index (χ3n) is 2.12. The molecule has 0 aliphatic carbocycles. The molecule has 0 aliphatic rings. The van der Waals surface area contributed by atoms with E-state index in [1.54, 1.807) is 5.38 Å². The number of hydrogen-bond donors (Lipinski definition) is 2. The van der Waals surface area contributed by atoms with E-state index in [0.717, 1.165) is 16.4 Å². The average Bonchev–Trinajstić information content (AvgIpc) is 2.71. The molecule has 0 aliphatic heterocycles. The second kappa shape index (κ2) is 5.09. The molecule has 2 heterocycles. The van der Waals surface area contributed by atoms with E-state index in [2.05, 4.69) is 25.8 Å². The zero-order valence-corrected chi connectivity index (χ0v) is 11.1. The summed E-state index contributed by atoms with van der Waals surface area (Å²) in [4.78, 5) is 24.1. The average molecular weight is 263 g/mol. The van der Waals surface area contributed by atoms with E-state index in [1.165, 1.54) is 11.3 Å². The molecule has 18 heavy (non-hydrogen) atoms. The smallest absolute Gasteiger partial charge is 0.266 e. The van der Waals surface area contributed by atoms with Crippen LogP contribution in [0, 0.1) is 20.8 Å². The Kier molecular flexibility index (Phi) is 3.52. The first kappa shape index (κ1) is 12.4. The van der Waals surface area contributed by atoms with Gasteiger partial charge in [-0.2, -0.15) is 0 Å². The zero-order chi connectivity index (χ0) is 13.1. The summed E-state index contributed by atoms with van der Waals surface area (Å²) >= 11 is 1.43. The fourth-order valence-corrected chi connectivity index (χ4v) is 2.02. The maximum Gasteiger partial charge on any atom is 0.289 e. The summed E-state index contributed by atoms with van der Waals surface area (Å²) in [5.41, 5.74) is 7.25. The minimum absolute atomic E-state index is 0.304. The lowest BCUT2D eigenvalue weighted by Crippen LogP contribution is -2.30. The van der Waals surface area contributed by atoms with Crippen LogP contribution in [0.15, 0.2) is 11.4 Å². The summed E-state index contributed by atoms with van der Waals surface area (Å²) in [6.45, 7) is 5.58. The molecule has 0 saturated carbocycles. The number of rotatable bonds is 3. The molecule has 1 amide bonds. The Morgan fingerprint density at radius 3 is 2.39 bits per heavy atom. The minimum Gasteiger partial charge on any atom is -0.266 e. The third-order valence-corrected chi connectivity index (χ3v) is 2.90. The number of carbonyl (C=O) groups excluding carboxylic acids is 1. The fourth-order valence-electron chi connectivity index (χ4n) is 1.43. The van der Waals surface area contributed by atoms with E-state index in [0.29, 0.717) is 11.6 Å². The highest BCUT2D eigenvalue weighted by atomic mass is 32.1. The number of anilines is 1. The van der Waals surface area contributed by atoms with Crippen molar-refractivity contribution in [3.8, 4) is 0 Å². The van der Waals surface area contributed by atoms with E-state index in [4.69, 9.17) is 0 Å². The van der Waals surface area contributed by atoms with Gasteiger partial charge in [-0.15, -0.1) is 11.3 Å². The number of aryl methyl sites for hydroxylation is 3. The van der Waals surface area contributed by atoms with Crippen LogP contribution in [0.3, 0.4) is 0 Å². The number of nitrogens with zero attached hydrogens (tertiary/aromatic N) is 3. The Labute approximate surface area is 108 Å². The Hall–Kier alpha value is -2.02. The topological polar surface area (TPSA) is 79.8 Å². The molecule has 0 aromatic carbocycles. The van der Waals surface area contributed by atoms with Gasteiger partial charge in [-0.25, -0.2) is 15.0 Å². The summed E-state index contributed by atoms with van der Waals surface area (Å²) in [5, 5.41) is 2.55. The molecule has 2 aromatic heterocycles. The first-order chi connectivity index (χ1) is 8.54.